The van der Waals surface area contributed by atoms with Gasteiger partial charge < -0.3 is 9.84 Å². The standard InChI is InChI=1S/C36H48ClN3O4/c1-6-7-8-9-13-19-29(44-30-24-25-34(42)31(26-30)36(3,4)5)20-16-23-35(43)38-40(33-22-15-14-21-32(33)37)39(27(2)41)28-17-11-10-12-18-28/h10-12,14-15,17-18,21-22,24-26,29,42H,6-9,13,16,19-20,23H2,1-5H3,(H,38,43). The molecule has 3 aromatic rings. The molecule has 2 N–H and O–H groups in total. The average Bonchev–Trinajstić information content (AvgIpc) is 2.97. The fraction of sp³-hybridized carbons (Fsp3) is 0.444. The van der Waals surface area contributed by atoms with Gasteiger partial charge in [0.05, 0.1) is 16.8 Å². The predicted molar refractivity (Wildman–Crippen MR) is 180 cm³/mol. The molecule has 0 fully saturated rings. The Morgan fingerprint density at radius 3 is 2.23 bits per heavy atom. The van der Waals surface area contributed by atoms with Crippen LogP contribution in [0.1, 0.15) is 98.0 Å². The number of halogens is 1. The van der Waals surface area contributed by atoms with Gasteiger partial charge in [0.25, 0.3) is 0 Å². The fourth-order valence-corrected chi connectivity index (χ4v) is 5.35. The lowest BCUT2D eigenvalue weighted by Crippen LogP contribution is -2.56. The number of amides is 2. The number of rotatable bonds is 16. The van der Waals surface area contributed by atoms with Gasteiger partial charge in [-0.05, 0) is 73.6 Å². The summed E-state index contributed by atoms with van der Waals surface area (Å²) in [7, 11) is 0. The van der Waals surface area contributed by atoms with Crippen LogP contribution in [0.25, 0.3) is 0 Å². The Morgan fingerprint density at radius 1 is 0.909 bits per heavy atom. The van der Waals surface area contributed by atoms with Crippen LogP contribution in [0, 0.1) is 0 Å². The third-order valence-electron chi connectivity index (χ3n) is 7.45. The van der Waals surface area contributed by atoms with E-state index in [0.29, 0.717) is 29.2 Å². The monoisotopic (exact) mass is 621 g/mol. The molecule has 3 aromatic carbocycles. The Morgan fingerprint density at radius 2 is 1.57 bits per heavy atom. The maximum atomic E-state index is 13.4. The van der Waals surface area contributed by atoms with E-state index in [0.717, 1.165) is 30.6 Å². The molecule has 8 heteroatoms. The van der Waals surface area contributed by atoms with E-state index in [1.807, 2.05) is 30.3 Å². The number of unbranched alkanes of at least 4 members (excludes halogenated alkanes) is 4. The number of hydrogen-bond acceptors (Lipinski definition) is 5. The number of aromatic hydroxyl groups is 1. The number of ether oxygens (including phenoxy) is 1. The normalized spacial score (nSPS) is 12.0. The second-order valence-electron chi connectivity index (χ2n) is 12.2. The Hall–Kier alpha value is -3.71. The summed E-state index contributed by atoms with van der Waals surface area (Å²) in [5.74, 6) is 0.460. The highest BCUT2D eigenvalue weighted by Crippen LogP contribution is 2.34. The van der Waals surface area contributed by atoms with Crippen molar-refractivity contribution in [1.82, 2.24) is 5.43 Å². The molecule has 0 saturated heterocycles. The van der Waals surface area contributed by atoms with Crippen LogP contribution in [0.5, 0.6) is 11.5 Å². The van der Waals surface area contributed by atoms with Gasteiger partial charge >= 0.3 is 0 Å². The van der Waals surface area contributed by atoms with E-state index in [-0.39, 0.29) is 35.5 Å². The van der Waals surface area contributed by atoms with Crippen molar-refractivity contribution in [3.05, 3.63) is 83.4 Å². The number of nitrogens with one attached hydrogen (secondary N) is 1. The van der Waals surface area contributed by atoms with E-state index in [2.05, 4.69) is 33.1 Å². The van der Waals surface area contributed by atoms with Crippen molar-refractivity contribution in [2.24, 2.45) is 0 Å². The molecule has 7 nitrogen and oxygen atoms in total. The first-order chi connectivity index (χ1) is 21.0. The zero-order valence-electron chi connectivity index (χ0n) is 26.8. The van der Waals surface area contributed by atoms with Crippen LogP contribution < -0.4 is 20.3 Å². The van der Waals surface area contributed by atoms with Crippen molar-refractivity contribution in [2.75, 3.05) is 10.1 Å². The van der Waals surface area contributed by atoms with Gasteiger partial charge in [-0.3, -0.25) is 9.59 Å². The van der Waals surface area contributed by atoms with Gasteiger partial charge in [-0.1, -0.05) is 95.3 Å². The Labute approximate surface area is 268 Å². The highest BCUT2D eigenvalue weighted by Gasteiger charge is 2.25. The molecule has 0 spiro atoms. The maximum absolute atomic E-state index is 13.4. The molecule has 0 bridgehead atoms. The molecule has 2 amide bonds. The summed E-state index contributed by atoms with van der Waals surface area (Å²) >= 11 is 6.53. The molecule has 1 unspecified atom stereocenters. The van der Waals surface area contributed by atoms with E-state index in [1.165, 1.54) is 36.3 Å². The summed E-state index contributed by atoms with van der Waals surface area (Å²) in [6.45, 7) is 9.84. The summed E-state index contributed by atoms with van der Waals surface area (Å²) in [6.07, 6.45) is 8.14. The van der Waals surface area contributed by atoms with Crippen LogP contribution in [-0.4, -0.2) is 23.0 Å². The SMILES string of the molecule is CCCCCCCC(CCCC(=O)NN(c1ccccc1Cl)N(C(C)=O)c1ccccc1)Oc1ccc(O)c(C(C)(C)C)c1. The maximum Gasteiger partial charge on any atom is 0.244 e. The predicted octanol–water partition coefficient (Wildman–Crippen LogP) is 9.13. The van der Waals surface area contributed by atoms with Crippen molar-refractivity contribution in [2.45, 2.75) is 104 Å². The smallest absolute Gasteiger partial charge is 0.244 e. The number of hydrazine groups is 2. The van der Waals surface area contributed by atoms with Crippen molar-refractivity contribution < 1.29 is 19.4 Å². The second-order valence-corrected chi connectivity index (χ2v) is 12.6. The topological polar surface area (TPSA) is 82.1 Å². The number of carbonyl (C=O) groups excluding carboxylic acids is 2. The minimum absolute atomic E-state index is 0.0699. The van der Waals surface area contributed by atoms with Crippen LogP contribution in [0.4, 0.5) is 11.4 Å². The molecule has 3 rings (SSSR count). The molecule has 44 heavy (non-hydrogen) atoms. The lowest BCUT2D eigenvalue weighted by Gasteiger charge is -2.36. The van der Waals surface area contributed by atoms with Crippen molar-refractivity contribution in [1.29, 1.82) is 0 Å². The van der Waals surface area contributed by atoms with Crippen LogP contribution in [-0.2, 0) is 15.0 Å². The summed E-state index contributed by atoms with van der Waals surface area (Å²) in [5, 5.41) is 13.6. The average molecular weight is 622 g/mol. The molecular weight excluding hydrogens is 574 g/mol. The van der Waals surface area contributed by atoms with Crippen molar-refractivity contribution in [3.63, 3.8) is 0 Å². The quantitative estimate of drug-likeness (QED) is 0.123. The van der Waals surface area contributed by atoms with E-state index in [4.69, 9.17) is 16.3 Å². The van der Waals surface area contributed by atoms with Gasteiger partial charge in [-0.2, -0.15) is 5.12 Å². The third kappa shape index (κ3) is 10.5. The summed E-state index contributed by atoms with van der Waals surface area (Å²) in [5.41, 5.74) is 4.61. The van der Waals surface area contributed by atoms with Gasteiger partial charge in [0.15, 0.2) is 0 Å². The molecule has 0 aliphatic heterocycles. The zero-order valence-corrected chi connectivity index (χ0v) is 27.6. The molecule has 0 radical (unpaired) electrons. The van der Waals surface area contributed by atoms with Gasteiger partial charge in [0.2, 0.25) is 11.8 Å². The number of nitrogens with zero attached hydrogens (tertiary/aromatic N) is 2. The van der Waals surface area contributed by atoms with Crippen molar-refractivity contribution >= 4 is 34.8 Å². The number of para-hydroxylation sites is 2. The van der Waals surface area contributed by atoms with Gasteiger partial charge in [-0.25, -0.2) is 10.4 Å². The number of phenolic OH excluding ortho intramolecular Hbond substituents is 1. The lowest BCUT2D eigenvalue weighted by atomic mass is 9.86. The first-order valence-electron chi connectivity index (χ1n) is 15.7. The molecule has 0 heterocycles. The molecular formula is C36H48ClN3O4. The summed E-state index contributed by atoms with van der Waals surface area (Å²) in [4.78, 5) is 26.2. The first-order valence-corrected chi connectivity index (χ1v) is 16.1. The van der Waals surface area contributed by atoms with Gasteiger partial charge in [-0.15, -0.1) is 0 Å². The number of phenols is 1. The Balaban J connectivity index is 1.73. The van der Waals surface area contributed by atoms with Gasteiger partial charge in [0, 0.05) is 18.9 Å². The molecule has 1 atom stereocenters. The number of benzene rings is 3. The molecule has 0 aromatic heterocycles. The third-order valence-corrected chi connectivity index (χ3v) is 7.77. The highest BCUT2D eigenvalue weighted by atomic mass is 35.5. The van der Waals surface area contributed by atoms with Crippen LogP contribution >= 0.6 is 11.6 Å². The minimum atomic E-state index is -0.281. The largest absolute Gasteiger partial charge is 0.508 e. The summed E-state index contributed by atoms with van der Waals surface area (Å²) < 4.78 is 6.46. The van der Waals surface area contributed by atoms with Crippen molar-refractivity contribution in [3.8, 4) is 11.5 Å². The zero-order chi connectivity index (χ0) is 32.1. The van der Waals surface area contributed by atoms with Crippen LogP contribution in [0.3, 0.4) is 0 Å². The van der Waals surface area contributed by atoms with E-state index >= 15 is 0 Å². The van der Waals surface area contributed by atoms with E-state index in [9.17, 15) is 14.7 Å². The van der Waals surface area contributed by atoms with E-state index in [1.54, 1.807) is 42.5 Å². The second kappa shape index (κ2) is 17.0. The fourth-order valence-electron chi connectivity index (χ4n) is 5.13. The number of anilines is 2. The Kier molecular flexibility index (Phi) is 13.4. The van der Waals surface area contributed by atoms with Gasteiger partial charge in [0.1, 0.15) is 17.2 Å². The molecule has 238 valence electrons. The van der Waals surface area contributed by atoms with Crippen LogP contribution in [0.2, 0.25) is 5.02 Å². The first kappa shape index (κ1) is 34.8. The molecule has 0 saturated carbocycles. The van der Waals surface area contributed by atoms with E-state index < -0.39 is 0 Å². The van der Waals surface area contributed by atoms with Crippen LogP contribution in [0.15, 0.2) is 72.8 Å². The molecule has 0 aliphatic rings. The number of carbonyl (C=O) groups is 2. The minimum Gasteiger partial charge on any atom is -0.508 e. The summed E-state index contributed by atoms with van der Waals surface area (Å²) in [6, 6.07) is 21.6. The number of hydrogen-bond donors (Lipinski definition) is 2. The highest BCUT2D eigenvalue weighted by molar-refractivity contribution is 6.33. The molecule has 0 aliphatic carbocycles. The Bertz CT molecular complexity index is 1340. The lowest BCUT2D eigenvalue weighted by molar-refractivity contribution is -0.121.